The fraction of sp³-hybridized carbons (Fsp3) is 0.667. The number of nitrogen functional groups attached to an aromatic ring is 1. The summed E-state index contributed by atoms with van der Waals surface area (Å²) in [4.78, 5) is 16.4. The third kappa shape index (κ3) is 13.5. The van der Waals surface area contributed by atoms with Crippen molar-refractivity contribution >= 4 is 11.8 Å². The molecule has 0 saturated heterocycles. The highest BCUT2D eigenvalue weighted by molar-refractivity contribution is 5.70. The van der Waals surface area contributed by atoms with Gasteiger partial charge in [-0.2, -0.15) is 0 Å². The van der Waals surface area contributed by atoms with Crippen molar-refractivity contribution in [2.75, 3.05) is 12.3 Å². The lowest BCUT2D eigenvalue weighted by atomic mass is 9.81. The second-order valence-corrected chi connectivity index (χ2v) is 15.9. The lowest BCUT2D eigenvalue weighted by molar-refractivity contribution is -0.146. The van der Waals surface area contributed by atoms with Gasteiger partial charge in [0, 0.05) is 18.2 Å². The monoisotopic (exact) mass is 707 g/mol. The molecule has 0 amide bonds. The van der Waals surface area contributed by atoms with Crippen molar-refractivity contribution in [2.24, 2.45) is 29.6 Å². The smallest absolute Gasteiger partial charge is 0.309 e. The van der Waals surface area contributed by atoms with Gasteiger partial charge in [-0.05, 0) is 131 Å². The molecule has 0 aliphatic heterocycles. The Balaban J connectivity index is 1.25. The third-order valence-electron chi connectivity index (χ3n) is 11.6. The summed E-state index contributed by atoms with van der Waals surface area (Å²) in [6.07, 6.45) is 17.5. The van der Waals surface area contributed by atoms with Gasteiger partial charge in [-0.3, -0.25) is 4.79 Å². The number of carboxylic acid groups (broad SMARTS) is 1. The van der Waals surface area contributed by atoms with E-state index in [0.29, 0.717) is 50.4 Å². The highest BCUT2D eigenvalue weighted by Gasteiger charge is 2.44. The maximum atomic E-state index is 12.2. The van der Waals surface area contributed by atoms with Gasteiger partial charge in [0.25, 0.3) is 0 Å². The fourth-order valence-corrected chi connectivity index (χ4v) is 8.63. The number of phenols is 1. The molecule has 0 radical (unpaired) electrons. The Morgan fingerprint density at radius 3 is 2.53 bits per heavy atom. The molecule has 1 aromatic heterocycles. The van der Waals surface area contributed by atoms with Crippen molar-refractivity contribution < 1.29 is 30.3 Å². The van der Waals surface area contributed by atoms with Gasteiger partial charge in [0.1, 0.15) is 11.6 Å². The van der Waals surface area contributed by atoms with Crippen LogP contribution in [0, 0.1) is 29.6 Å². The van der Waals surface area contributed by atoms with E-state index in [1.54, 1.807) is 18.3 Å². The number of nitrogens with one attached hydrogen (secondary N) is 1. The summed E-state index contributed by atoms with van der Waals surface area (Å²) < 4.78 is 0. The van der Waals surface area contributed by atoms with E-state index in [9.17, 15) is 30.3 Å². The number of hydrogen-bond donors (Lipinski definition) is 7. The zero-order chi connectivity index (χ0) is 36.8. The molecule has 9 unspecified atom stereocenters. The number of carbonyl (C=O) groups is 1. The predicted molar refractivity (Wildman–Crippen MR) is 203 cm³/mol. The van der Waals surface area contributed by atoms with Crippen LogP contribution in [0.5, 0.6) is 5.75 Å². The van der Waals surface area contributed by atoms with E-state index in [1.807, 2.05) is 24.3 Å². The number of benzene rings is 1. The molecular weight excluding hydrogens is 642 g/mol. The van der Waals surface area contributed by atoms with Gasteiger partial charge in [-0.25, -0.2) is 4.98 Å². The van der Waals surface area contributed by atoms with E-state index < -0.39 is 23.6 Å². The normalized spacial score (nSPS) is 26.6. The molecule has 51 heavy (non-hydrogen) atoms. The quantitative estimate of drug-likeness (QED) is 0.0513. The second-order valence-electron chi connectivity index (χ2n) is 15.9. The minimum Gasteiger partial charge on any atom is -0.508 e. The molecule has 9 nitrogen and oxygen atoms in total. The first-order valence-corrected chi connectivity index (χ1v) is 19.7. The number of pyridine rings is 1. The number of nitrogens with zero attached hydrogens (tertiary/aromatic N) is 1. The summed E-state index contributed by atoms with van der Waals surface area (Å²) in [5, 5.41) is 57.2. The second kappa shape index (κ2) is 20.3. The van der Waals surface area contributed by atoms with Gasteiger partial charge >= 0.3 is 5.97 Å². The molecule has 1 aromatic carbocycles. The number of unbranched alkanes of at least 4 members (excludes halogenated alkanes) is 4. The topological polar surface area (TPSA) is 169 Å². The van der Waals surface area contributed by atoms with Crippen LogP contribution in [0.25, 0.3) is 0 Å². The molecule has 0 bridgehead atoms. The summed E-state index contributed by atoms with van der Waals surface area (Å²) in [5.74, 6) is -0.149. The number of nitrogens with two attached hydrogens (primary N) is 1. The summed E-state index contributed by atoms with van der Waals surface area (Å²) in [6.45, 7) is 5.03. The van der Waals surface area contributed by atoms with Gasteiger partial charge in [0.15, 0.2) is 0 Å². The lowest BCUT2D eigenvalue weighted by Gasteiger charge is -2.28. The SMILES string of the molecule is CCCCCC1C=CC(CCCCCC(C(=O)O)C(O)CCC2(O)CC(CNC(C)Cc3cccc(O)c3)C(Cc3ccnc(N)c3)C2)C(O)C1. The van der Waals surface area contributed by atoms with Crippen LogP contribution in [0.15, 0.2) is 54.7 Å². The Kier molecular flexibility index (Phi) is 16.2. The highest BCUT2D eigenvalue weighted by Crippen LogP contribution is 2.44. The molecule has 1 saturated carbocycles. The number of aliphatic carboxylic acids is 1. The fourth-order valence-electron chi connectivity index (χ4n) is 8.63. The third-order valence-corrected chi connectivity index (χ3v) is 11.6. The van der Waals surface area contributed by atoms with Gasteiger partial charge in [0.2, 0.25) is 0 Å². The Hall–Kier alpha value is -2.98. The van der Waals surface area contributed by atoms with E-state index in [-0.39, 0.29) is 42.1 Å². The molecule has 284 valence electrons. The molecule has 2 aliphatic carbocycles. The number of aromatic hydroxyl groups is 1. The van der Waals surface area contributed by atoms with E-state index in [1.165, 1.54) is 19.3 Å². The molecule has 9 heteroatoms. The number of phenolic OH excluding ortho intramolecular Hbond substituents is 1. The van der Waals surface area contributed by atoms with Crippen molar-refractivity contribution in [3.8, 4) is 5.75 Å². The van der Waals surface area contributed by atoms with Gasteiger partial charge in [-0.1, -0.05) is 69.7 Å². The standard InChI is InChI=1S/C42H65N3O6/c1-3-4-6-10-30-15-16-33(39(48)24-30)12-7-5-8-14-37(41(49)50)38(47)17-19-42(51)26-34(22-32-18-20-44-40(43)25-32)35(27-42)28-45-29(2)21-31-11-9-13-36(46)23-31/h9,11,13,15-16,18,20,23,25,29-30,33-35,37-39,45-48,51H,3-8,10,12,14,17,19,21-22,24,26-28H2,1-2H3,(H2,43,44)(H,49,50). The number of allylic oxidation sites excluding steroid dienone is 1. The molecular formula is C42H65N3O6. The number of hydrogen-bond acceptors (Lipinski definition) is 8. The first-order valence-electron chi connectivity index (χ1n) is 19.7. The van der Waals surface area contributed by atoms with E-state index in [2.05, 4.69) is 36.3 Å². The zero-order valence-corrected chi connectivity index (χ0v) is 31.0. The summed E-state index contributed by atoms with van der Waals surface area (Å²) >= 11 is 0. The average molecular weight is 708 g/mol. The van der Waals surface area contributed by atoms with Gasteiger partial charge < -0.3 is 36.6 Å². The van der Waals surface area contributed by atoms with Gasteiger partial charge in [0.05, 0.1) is 23.7 Å². The van der Waals surface area contributed by atoms with E-state index >= 15 is 0 Å². The van der Waals surface area contributed by atoms with Crippen molar-refractivity contribution in [3.05, 3.63) is 65.9 Å². The number of aliphatic hydroxyl groups is 3. The minimum atomic E-state index is -1.03. The summed E-state index contributed by atoms with van der Waals surface area (Å²) in [5.41, 5.74) is 7.09. The van der Waals surface area contributed by atoms with Crippen LogP contribution in [0.1, 0.15) is 115 Å². The summed E-state index contributed by atoms with van der Waals surface area (Å²) in [7, 11) is 0. The first kappa shape index (κ1) is 40.8. The van der Waals surface area contributed by atoms with Crippen LogP contribution in [-0.2, 0) is 17.6 Å². The van der Waals surface area contributed by atoms with Crippen LogP contribution in [0.2, 0.25) is 0 Å². The Morgan fingerprint density at radius 2 is 1.80 bits per heavy atom. The first-order chi connectivity index (χ1) is 24.4. The largest absolute Gasteiger partial charge is 0.508 e. The van der Waals surface area contributed by atoms with Crippen LogP contribution >= 0.6 is 0 Å². The number of carboxylic acids is 1. The van der Waals surface area contributed by atoms with E-state index in [0.717, 1.165) is 56.1 Å². The number of aliphatic hydroxyl groups excluding tert-OH is 2. The lowest BCUT2D eigenvalue weighted by Crippen LogP contribution is -2.35. The Labute approximate surface area is 305 Å². The predicted octanol–water partition coefficient (Wildman–Crippen LogP) is 6.82. The molecule has 2 aromatic rings. The molecule has 2 aliphatic rings. The van der Waals surface area contributed by atoms with Crippen molar-refractivity contribution in [1.82, 2.24) is 10.3 Å². The summed E-state index contributed by atoms with van der Waals surface area (Å²) in [6, 6.07) is 11.3. The van der Waals surface area contributed by atoms with Crippen LogP contribution in [0.4, 0.5) is 5.82 Å². The van der Waals surface area contributed by atoms with Crippen LogP contribution in [0.3, 0.4) is 0 Å². The van der Waals surface area contributed by atoms with E-state index in [4.69, 9.17) is 5.73 Å². The average Bonchev–Trinajstić information content (AvgIpc) is 3.39. The Morgan fingerprint density at radius 1 is 1.02 bits per heavy atom. The van der Waals surface area contributed by atoms with Crippen molar-refractivity contribution in [1.29, 1.82) is 0 Å². The molecule has 8 N–H and O–H groups in total. The number of rotatable bonds is 22. The molecule has 9 atom stereocenters. The van der Waals surface area contributed by atoms with Crippen molar-refractivity contribution in [3.63, 3.8) is 0 Å². The molecule has 1 heterocycles. The van der Waals surface area contributed by atoms with Crippen LogP contribution < -0.4 is 11.1 Å². The zero-order valence-electron chi connectivity index (χ0n) is 31.0. The molecule has 0 spiro atoms. The highest BCUT2D eigenvalue weighted by atomic mass is 16.4. The maximum absolute atomic E-state index is 12.2. The molecule has 1 fully saturated rings. The maximum Gasteiger partial charge on any atom is 0.309 e. The van der Waals surface area contributed by atoms with Crippen LogP contribution in [-0.4, -0.2) is 66.9 Å². The molecule has 4 rings (SSSR count). The van der Waals surface area contributed by atoms with Gasteiger partial charge in [-0.15, -0.1) is 0 Å². The number of aromatic nitrogens is 1. The minimum absolute atomic E-state index is 0.160. The Bertz CT molecular complexity index is 1370. The number of anilines is 1. The van der Waals surface area contributed by atoms with Crippen molar-refractivity contribution in [2.45, 2.75) is 140 Å².